The fourth-order valence-corrected chi connectivity index (χ4v) is 2.50. The van der Waals surface area contributed by atoms with Crippen LogP contribution in [0.15, 0.2) is 23.2 Å². The zero-order chi connectivity index (χ0) is 13.8. The summed E-state index contributed by atoms with van der Waals surface area (Å²) < 4.78 is 26.1. The highest BCUT2D eigenvalue weighted by atomic mass is 32.2. The molecule has 0 saturated carbocycles. The largest absolute Gasteiger partial charge is 0.363 e. The summed E-state index contributed by atoms with van der Waals surface area (Å²) in [6.07, 6.45) is 1.50. The van der Waals surface area contributed by atoms with Gasteiger partial charge in [0.2, 0.25) is 10.0 Å². The fourth-order valence-electron chi connectivity index (χ4n) is 1.23. The van der Waals surface area contributed by atoms with Crippen molar-refractivity contribution in [2.75, 3.05) is 6.54 Å². The molecule has 0 saturated heterocycles. The van der Waals surface area contributed by atoms with Crippen LogP contribution in [-0.4, -0.2) is 30.9 Å². The quantitative estimate of drug-likeness (QED) is 0.555. The predicted octanol–water partition coefficient (Wildman–Crippen LogP) is 0.00540. The molecular formula is C9H14N4O4S. The number of hydrogen-bond acceptors (Lipinski definition) is 6. The molecule has 1 aromatic rings. The summed E-state index contributed by atoms with van der Waals surface area (Å²) in [5.74, 6) is -0.403. The van der Waals surface area contributed by atoms with Crippen molar-refractivity contribution in [3.63, 3.8) is 0 Å². The molecule has 0 spiro atoms. The summed E-state index contributed by atoms with van der Waals surface area (Å²) in [6.45, 7) is 1.98. The molecule has 8 nitrogen and oxygen atoms in total. The van der Waals surface area contributed by atoms with Crippen LogP contribution in [0.25, 0.3) is 0 Å². The van der Waals surface area contributed by atoms with Gasteiger partial charge in [0.25, 0.3) is 0 Å². The lowest BCUT2D eigenvalue weighted by Crippen LogP contribution is -2.39. The van der Waals surface area contributed by atoms with E-state index in [9.17, 15) is 18.5 Å². The molecular weight excluding hydrogens is 260 g/mol. The van der Waals surface area contributed by atoms with Crippen LogP contribution < -0.4 is 10.5 Å². The highest BCUT2D eigenvalue weighted by molar-refractivity contribution is 7.89. The standard InChI is InChI=1S/C9H14N4O4S/c1-2-7(5-10)12-18(16,17)8-3-4-9(11-6-8)13(14)15/h3-4,6-7,12H,2,5,10H2,1H3. The molecule has 0 radical (unpaired) electrons. The summed E-state index contributed by atoms with van der Waals surface area (Å²) in [6, 6.07) is 1.81. The minimum atomic E-state index is -3.74. The Morgan fingerprint density at radius 2 is 2.22 bits per heavy atom. The first kappa shape index (κ1) is 14.5. The minimum absolute atomic E-state index is 0.125. The number of rotatable bonds is 6. The van der Waals surface area contributed by atoms with E-state index in [2.05, 4.69) is 9.71 Å². The van der Waals surface area contributed by atoms with Crippen LogP contribution in [0.3, 0.4) is 0 Å². The van der Waals surface area contributed by atoms with Crippen molar-refractivity contribution in [2.45, 2.75) is 24.3 Å². The Labute approximate surface area is 104 Å². The molecule has 1 rings (SSSR count). The van der Waals surface area contributed by atoms with Gasteiger partial charge in [-0.05, 0) is 22.4 Å². The number of nitrogens with one attached hydrogen (secondary N) is 1. The lowest BCUT2D eigenvalue weighted by Gasteiger charge is -2.13. The van der Waals surface area contributed by atoms with Gasteiger partial charge in [0.1, 0.15) is 4.90 Å². The molecule has 0 bridgehead atoms. The van der Waals surface area contributed by atoms with Gasteiger partial charge in [-0.3, -0.25) is 0 Å². The molecule has 0 fully saturated rings. The molecule has 100 valence electrons. The number of pyridine rings is 1. The maximum atomic E-state index is 11.9. The van der Waals surface area contributed by atoms with Crippen molar-refractivity contribution in [1.29, 1.82) is 0 Å². The third kappa shape index (κ3) is 3.45. The van der Waals surface area contributed by atoms with Crippen LogP contribution in [0, 0.1) is 10.1 Å². The average Bonchev–Trinajstić information content (AvgIpc) is 2.36. The maximum Gasteiger partial charge on any atom is 0.363 e. The summed E-state index contributed by atoms with van der Waals surface area (Å²) in [4.78, 5) is 13.0. The highest BCUT2D eigenvalue weighted by Crippen LogP contribution is 2.12. The topological polar surface area (TPSA) is 128 Å². The van der Waals surface area contributed by atoms with E-state index in [-0.39, 0.29) is 17.5 Å². The van der Waals surface area contributed by atoms with E-state index >= 15 is 0 Å². The number of aromatic nitrogens is 1. The van der Waals surface area contributed by atoms with Crippen LogP contribution in [0.1, 0.15) is 13.3 Å². The average molecular weight is 274 g/mol. The summed E-state index contributed by atoms with van der Waals surface area (Å²) in [5.41, 5.74) is 5.40. The lowest BCUT2D eigenvalue weighted by molar-refractivity contribution is -0.389. The zero-order valence-corrected chi connectivity index (χ0v) is 10.6. The van der Waals surface area contributed by atoms with Crippen LogP contribution in [-0.2, 0) is 10.0 Å². The molecule has 1 unspecified atom stereocenters. The van der Waals surface area contributed by atoms with E-state index in [1.807, 2.05) is 0 Å². The van der Waals surface area contributed by atoms with Crippen LogP contribution in [0.5, 0.6) is 0 Å². The van der Waals surface area contributed by atoms with E-state index in [1.54, 1.807) is 6.92 Å². The number of nitrogens with zero attached hydrogens (tertiary/aromatic N) is 2. The second-order valence-electron chi connectivity index (χ2n) is 3.57. The Hall–Kier alpha value is -1.58. The van der Waals surface area contributed by atoms with Gasteiger partial charge in [-0.2, -0.15) is 0 Å². The van der Waals surface area contributed by atoms with Crippen molar-refractivity contribution in [3.05, 3.63) is 28.4 Å². The summed E-state index contributed by atoms with van der Waals surface area (Å²) in [5, 5.41) is 10.4. The third-order valence-corrected chi connectivity index (χ3v) is 3.82. The first-order chi connectivity index (χ1) is 8.40. The first-order valence-corrected chi connectivity index (χ1v) is 6.72. The number of nitrogens with two attached hydrogens (primary N) is 1. The highest BCUT2D eigenvalue weighted by Gasteiger charge is 2.20. The van der Waals surface area contributed by atoms with Gasteiger partial charge in [0.05, 0.1) is 0 Å². The molecule has 9 heteroatoms. The van der Waals surface area contributed by atoms with E-state index in [4.69, 9.17) is 5.73 Å². The van der Waals surface area contributed by atoms with Crippen LogP contribution in [0.2, 0.25) is 0 Å². The van der Waals surface area contributed by atoms with Gasteiger partial charge in [-0.1, -0.05) is 6.92 Å². The van der Waals surface area contributed by atoms with Gasteiger partial charge < -0.3 is 15.8 Å². The number of sulfonamides is 1. The molecule has 18 heavy (non-hydrogen) atoms. The van der Waals surface area contributed by atoms with Gasteiger partial charge in [-0.25, -0.2) is 13.1 Å². The Kier molecular flexibility index (Phi) is 4.70. The molecule has 0 aromatic carbocycles. The molecule has 0 amide bonds. The van der Waals surface area contributed by atoms with Crippen LogP contribution >= 0.6 is 0 Å². The smallest absolute Gasteiger partial charge is 0.358 e. The van der Waals surface area contributed by atoms with E-state index < -0.39 is 20.8 Å². The predicted molar refractivity (Wildman–Crippen MR) is 64.3 cm³/mol. The van der Waals surface area contributed by atoms with Gasteiger partial charge in [0, 0.05) is 18.7 Å². The minimum Gasteiger partial charge on any atom is -0.358 e. The second kappa shape index (κ2) is 5.85. The van der Waals surface area contributed by atoms with Crippen LogP contribution in [0.4, 0.5) is 5.82 Å². The van der Waals surface area contributed by atoms with Gasteiger partial charge in [0.15, 0.2) is 6.20 Å². The second-order valence-corrected chi connectivity index (χ2v) is 5.29. The van der Waals surface area contributed by atoms with Gasteiger partial charge in [-0.15, -0.1) is 0 Å². The van der Waals surface area contributed by atoms with Gasteiger partial charge >= 0.3 is 5.82 Å². The lowest BCUT2D eigenvalue weighted by atomic mass is 10.2. The van der Waals surface area contributed by atoms with E-state index in [0.717, 1.165) is 18.3 Å². The Bertz CT molecular complexity index is 510. The molecule has 0 aliphatic rings. The van der Waals surface area contributed by atoms with Crippen molar-refractivity contribution >= 4 is 15.8 Å². The fraction of sp³-hybridized carbons (Fsp3) is 0.444. The van der Waals surface area contributed by atoms with E-state index in [1.165, 1.54) is 0 Å². The van der Waals surface area contributed by atoms with Crippen molar-refractivity contribution in [1.82, 2.24) is 9.71 Å². The summed E-state index contributed by atoms with van der Waals surface area (Å²) >= 11 is 0. The third-order valence-electron chi connectivity index (χ3n) is 2.32. The molecule has 1 aromatic heterocycles. The SMILES string of the molecule is CCC(CN)NS(=O)(=O)c1ccc([N+](=O)[O-])nc1. The molecule has 1 heterocycles. The molecule has 0 aliphatic carbocycles. The monoisotopic (exact) mass is 274 g/mol. The molecule has 0 aliphatic heterocycles. The first-order valence-electron chi connectivity index (χ1n) is 5.23. The Morgan fingerprint density at radius 3 is 2.61 bits per heavy atom. The number of nitro groups is 1. The molecule has 3 N–H and O–H groups in total. The maximum absolute atomic E-state index is 11.9. The van der Waals surface area contributed by atoms with E-state index in [0.29, 0.717) is 6.42 Å². The zero-order valence-electron chi connectivity index (χ0n) is 9.74. The summed E-state index contributed by atoms with van der Waals surface area (Å²) in [7, 11) is -3.74. The van der Waals surface area contributed by atoms with Crippen molar-refractivity contribution in [3.8, 4) is 0 Å². The number of hydrogen-bond donors (Lipinski definition) is 2. The normalized spacial score (nSPS) is 13.2. The molecule has 1 atom stereocenters. The van der Waals surface area contributed by atoms with Crippen molar-refractivity contribution in [2.24, 2.45) is 5.73 Å². The Balaban J connectivity index is 2.95. The Morgan fingerprint density at radius 1 is 1.56 bits per heavy atom. The van der Waals surface area contributed by atoms with Crippen molar-refractivity contribution < 1.29 is 13.3 Å².